The van der Waals surface area contributed by atoms with Gasteiger partial charge in [0, 0.05) is 0 Å². The number of hydrogen-bond acceptors (Lipinski definition) is 6. The molecule has 3 rings (SSSR count). The van der Waals surface area contributed by atoms with Crippen LogP contribution >= 0.6 is 0 Å². The molecule has 1 aromatic heterocycles. The summed E-state index contributed by atoms with van der Waals surface area (Å²) in [4.78, 5) is 19.6. The van der Waals surface area contributed by atoms with Gasteiger partial charge in [0.05, 0.1) is 16.0 Å². The maximum Gasteiger partial charge on any atom is 0.250 e. The number of carbonyl (C=O) groups excluding carboxylic acids is 1. The average molecular weight is 328 g/mol. The number of amides is 1. The van der Waals surface area contributed by atoms with Crippen LogP contribution in [0.4, 0.5) is 5.82 Å². The van der Waals surface area contributed by atoms with Gasteiger partial charge in [-0.3, -0.25) is 4.79 Å². The topological polar surface area (TPSA) is 129 Å². The lowest BCUT2D eigenvalue weighted by Crippen LogP contribution is -2.15. The van der Waals surface area contributed by atoms with Crippen LogP contribution in [0.25, 0.3) is 11.0 Å². The normalized spacial score (nSPS) is 11.5. The number of nitrogens with zero attached hydrogens (tertiary/aromatic N) is 2. The first-order valence-corrected chi connectivity index (χ1v) is 8.06. The molecule has 0 unspecified atom stereocenters. The van der Waals surface area contributed by atoms with E-state index >= 15 is 0 Å². The van der Waals surface area contributed by atoms with Gasteiger partial charge in [0.2, 0.25) is 14.9 Å². The molecule has 0 saturated heterocycles. The maximum absolute atomic E-state index is 12.7. The zero-order chi connectivity index (χ0) is 16.6. The van der Waals surface area contributed by atoms with Gasteiger partial charge in [0.1, 0.15) is 5.52 Å². The van der Waals surface area contributed by atoms with Crippen molar-refractivity contribution in [1.29, 1.82) is 0 Å². The number of hydrogen-bond donors (Lipinski definition) is 2. The minimum atomic E-state index is -3.95. The molecular weight excluding hydrogens is 316 g/mol. The average Bonchev–Trinajstić information content (AvgIpc) is 2.54. The van der Waals surface area contributed by atoms with Crippen molar-refractivity contribution in [3.63, 3.8) is 0 Å². The molecule has 0 saturated carbocycles. The Labute approximate surface area is 131 Å². The molecular formula is C15H12N4O3S. The van der Waals surface area contributed by atoms with Gasteiger partial charge in [0.25, 0.3) is 5.91 Å². The van der Waals surface area contributed by atoms with Crippen LogP contribution in [0.3, 0.4) is 0 Å². The van der Waals surface area contributed by atoms with Crippen molar-refractivity contribution in [1.82, 2.24) is 9.97 Å². The third-order valence-electron chi connectivity index (χ3n) is 3.26. The fourth-order valence-electron chi connectivity index (χ4n) is 2.18. The van der Waals surface area contributed by atoms with Gasteiger partial charge in [-0.25, -0.2) is 18.4 Å². The first-order chi connectivity index (χ1) is 10.9. The van der Waals surface area contributed by atoms with Crippen LogP contribution < -0.4 is 11.5 Å². The second-order valence-electron chi connectivity index (χ2n) is 4.77. The van der Waals surface area contributed by atoms with Gasteiger partial charge in [-0.05, 0) is 24.3 Å². The van der Waals surface area contributed by atoms with Crippen LogP contribution in [0.2, 0.25) is 0 Å². The monoisotopic (exact) mass is 328 g/mol. The van der Waals surface area contributed by atoms with Gasteiger partial charge >= 0.3 is 0 Å². The van der Waals surface area contributed by atoms with E-state index in [9.17, 15) is 13.2 Å². The number of fused-ring (bicyclic) bond motifs is 1. The molecule has 4 N–H and O–H groups in total. The minimum Gasteiger partial charge on any atom is -0.381 e. The van der Waals surface area contributed by atoms with Gasteiger partial charge in [-0.15, -0.1) is 0 Å². The Bertz CT molecular complexity index is 1020. The second-order valence-corrected chi connectivity index (χ2v) is 6.63. The fourth-order valence-corrected chi connectivity index (χ4v) is 3.45. The summed E-state index contributed by atoms with van der Waals surface area (Å²) < 4.78 is 25.4. The van der Waals surface area contributed by atoms with Crippen molar-refractivity contribution < 1.29 is 13.2 Å². The van der Waals surface area contributed by atoms with Gasteiger partial charge < -0.3 is 11.5 Å². The summed E-state index contributed by atoms with van der Waals surface area (Å²) in [5.74, 6) is -0.958. The molecule has 3 aromatic rings. The van der Waals surface area contributed by atoms with E-state index in [4.69, 9.17) is 11.5 Å². The summed E-state index contributed by atoms with van der Waals surface area (Å²) in [7, 11) is -3.95. The number of nitrogens with two attached hydrogens (primary N) is 2. The molecule has 2 aromatic carbocycles. The third-order valence-corrected chi connectivity index (χ3v) is 4.96. The predicted octanol–water partition coefficient (Wildman–Crippen LogP) is 1.14. The molecule has 0 bridgehead atoms. The van der Waals surface area contributed by atoms with Crippen molar-refractivity contribution >= 4 is 32.6 Å². The lowest BCUT2D eigenvalue weighted by molar-refractivity contribution is 0.100. The second kappa shape index (κ2) is 5.33. The Hall–Kier alpha value is -3.00. The third kappa shape index (κ3) is 2.49. The number of carbonyl (C=O) groups is 1. The number of aromatic nitrogens is 2. The number of rotatable bonds is 3. The first kappa shape index (κ1) is 14.9. The number of sulfone groups is 1. The molecule has 1 heterocycles. The smallest absolute Gasteiger partial charge is 0.250 e. The van der Waals surface area contributed by atoms with Crippen molar-refractivity contribution in [3.05, 3.63) is 54.1 Å². The Balaban J connectivity index is 2.33. The number of nitrogen functional groups attached to an aromatic ring is 1. The highest BCUT2D eigenvalue weighted by atomic mass is 32.2. The van der Waals surface area contributed by atoms with E-state index in [0.29, 0.717) is 5.52 Å². The van der Waals surface area contributed by atoms with Crippen LogP contribution in [-0.4, -0.2) is 24.3 Å². The standard InChI is InChI=1S/C15H12N4O3S/c16-13-15(23(21,22)9-5-2-1-3-6-9)19-12-10(14(17)20)7-4-8-11(12)18-13/h1-8H,(H2,16,18)(H2,17,20). The SMILES string of the molecule is NC(=O)c1cccc2nc(N)c(S(=O)(=O)c3ccccc3)nc12. The van der Waals surface area contributed by atoms with Gasteiger partial charge in [-0.1, -0.05) is 24.3 Å². The summed E-state index contributed by atoms with van der Waals surface area (Å²) in [6, 6.07) is 12.3. The van der Waals surface area contributed by atoms with E-state index in [1.54, 1.807) is 30.3 Å². The summed E-state index contributed by atoms with van der Waals surface area (Å²) in [5, 5.41) is -0.398. The molecule has 0 aliphatic carbocycles. The highest BCUT2D eigenvalue weighted by Gasteiger charge is 2.24. The highest BCUT2D eigenvalue weighted by Crippen LogP contribution is 2.26. The Morgan fingerprint density at radius 2 is 1.65 bits per heavy atom. The quantitative estimate of drug-likeness (QED) is 0.741. The number of para-hydroxylation sites is 1. The van der Waals surface area contributed by atoms with Crippen molar-refractivity contribution in [2.45, 2.75) is 9.92 Å². The maximum atomic E-state index is 12.7. The zero-order valence-corrected chi connectivity index (χ0v) is 12.6. The van der Waals surface area contributed by atoms with Crippen molar-refractivity contribution in [3.8, 4) is 0 Å². The Morgan fingerprint density at radius 3 is 2.30 bits per heavy atom. The molecule has 0 atom stereocenters. The molecule has 8 heteroatoms. The largest absolute Gasteiger partial charge is 0.381 e. The van der Waals surface area contributed by atoms with Crippen LogP contribution in [0.1, 0.15) is 10.4 Å². The van der Waals surface area contributed by atoms with E-state index in [0.717, 1.165) is 0 Å². The van der Waals surface area contributed by atoms with E-state index in [-0.39, 0.29) is 21.8 Å². The molecule has 116 valence electrons. The van der Waals surface area contributed by atoms with E-state index < -0.39 is 20.8 Å². The van der Waals surface area contributed by atoms with E-state index in [1.807, 2.05) is 0 Å². The zero-order valence-electron chi connectivity index (χ0n) is 11.8. The van der Waals surface area contributed by atoms with Crippen LogP contribution in [0.5, 0.6) is 0 Å². The summed E-state index contributed by atoms with van der Waals surface area (Å²) in [6.45, 7) is 0. The van der Waals surface area contributed by atoms with Crippen molar-refractivity contribution in [2.24, 2.45) is 5.73 Å². The lowest BCUT2D eigenvalue weighted by Gasteiger charge is -2.09. The van der Waals surface area contributed by atoms with Gasteiger partial charge in [-0.2, -0.15) is 0 Å². The minimum absolute atomic E-state index is 0.0388. The lowest BCUT2D eigenvalue weighted by atomic mass is 10.1. The molecule has 1 amide bonds. The summed E-state index contributed by atoms with van der Waals surface area (Å²) in [5.41, 5.74) is 11.5. The molecule has 0 aliphatic heterocycles. The summed E-state index contributed by atoms with van der Waals surface area (Å²) in [6.07, 6.45) is 0. The molecule has 7 nitrogen and oxygen atoms in total. The predicted molar refractivity (Wildman–Crippen MR) is 84.4 cm³/mol. The highest BCUT2D eigenvalue weighted by molar-refractivity contribution is 7.91. The number of benzene rings is 2. The van der Waals surface area contributed by atoms with Crippen molar-refractivity contribution in [2.75, 3.05) is 5.73 Å². The first-order valence-electron chi connectivity index (χ1n) is 6.57. The molecule has 0 fully saturated rings. The van der Waals surface area contributed by atoms with E-state index in [1.165, 1.54) is 18.2 Å². The molecule has 0 aliphatic rings. The van der Waals surface area contributed by atoms with Crippen LogP contribution in [-0.2, 0) is 9.84 Å². The molecule has 0 spiro atoms. The Morgan fingerprint density at radius 1 is 0.957 bits per heavy atom. The summed E-state index contributed by atoms with van der Waals surface area (Å²) >= 11 is 0. The Kier molecular flexibility index (Phi) is 3.45. The van der Waals surface area contributed by atoms with Crippen LogP contribution in [0, 0.1) is 0 Å². The fraction of sp³-hybridized carbons (Fsp3) is 0. The number of primary amides is 1. The number of anilines is 1. The molecule has 23 heavy (non-hydrogen) atoms. The van der Waals surface area contributed by atoms with E-state index in [2.05, 4.69) is 9.97 Å². The van der Waals surface area contributed by atoms with Crippen LogP contribution in [0.15, 0.2) is 58.5 Å². The molecule has 0 radical (unpaired) electrons. The van der Waals surface area contributed by atoms with Gasteiger partial charge in [0.15, 0.2) is 5.82 Å².